The lowest BCUT2D eigenvalue weighted by molar-refractivity contribution is -0.633. The SMILES string of the molecule is Cc1ccc2c(oc3c2ccc2c4ccccc4ccc23)c1-c1n(-c2c(C(C)C)cc(-c3ccccc3)cc2C(C)C)c2ccccc2[n+]1C. The van der Waals surface area contributed by atoms with Gasteiger partial charge in [0.05, 0.1) is 7.05 Å². The van der Waals surface area contributed by atoms with E-state index in [4.69, 9.17) is 4.42 Å². The predicted molar refractivity (Wildman–Crippen MR) is 211 cm³/mol. The Hall–Kier alpha value is -5.67. The molecule has 3 heteroatoms. The van der Waals surface area contributed by atoms with Gasteiger partial charge in [-0.2, -0.15) is 4.57 Å². The molecule has 0 radical (unpaired) electrons. The molecule has 0 fully saturated rings. The number of benzene rings is 7. The Balaban J connectivity index is 1.41. The van der Waals surface area contributed by atoms with Gasteiger partial charge in [-0.1, -0.05) is 119 Å². The van der Waals surface area contributed by atoms with Gasteiger partial charge in [0.2, 0.25) is 0 Å². The minimum absolute atomic E-state index is 0.301. The van der Waals surface area contributed by atoms with E-state index < -0.39 is 0 Å². The number of furan rings is 1. The lowest BCUT2D eigenvalue weighted by Crippen LogP contribution is -2.30. The Morgan fingerprint density at radius 3 is 1.92 bits per heavy atom. The second kappa shape index (κ2) is 11.5. The van der Waals surface area contributed by atoms with E-state index in [-0.39, 0.29) is 0 Å². The van der Waals surface area contributed by atoms with Gasteiger partial charge in [-0.3, -0.25) is 0 Å². The highest BCUT2D eigenvalue weighted by atomic mass is 16.3. The smallest absolute Gasteiger partial charge is 0.299 e. The second-order valence-corrected chi connectivity index (χ2v) is 14.4. The minimum Gasteiger partial charge on any atom is -0.454 e. The predicted octanol–water partition coefficient (Wildman–Crippen LogP) is 12.6. The summed E-state index contributed by atoms with van der Waals surface area (Å²) in [5.74, 6) is 1.73. The highest BCUT2D eigenvalue weighted by Crippen LogP contribution is 2.44. The van der Waals surface area contributed by atoms with Gasteiger partial charge < -0.3 is 4.42 Å². The molecule has 9 rings (SSSR count). The molecular formula is C47H41N2O+. The van der Waals surface area contributed by atoms with E-state index in [0.717, 1.165) is 38.7 Å². The highest BCUT2D eigenvalue weighted by Gasteiger charge is 2.34. The van der Waals surface area contributed by atoms with Crippen molar-refractivity contribution in [1.82, 2.24) is 4.57 Å². The van der Waals surface area contributed by atoms with Crippen molar-refractivity contribution in [3.05, 3.63) is 144 Å². The molecule has 0 saturated carbocycles. The van der Waals surface area contributed by atoms with Crippen molar-refractivity contribution in [3.8, 4) is 28.2 Å². The molecule has 0 aliphatic heterocycles. The van der Waals surface area contributed by atoms with Gasteiger partial charge >= 0.3 is 0 Å². The Bertz CT molecular complexity index is 2750. The van der Waals surface area contributed by atoms with E-state index in [1.54, 1.807) is 0 Å². The van der Waals surface area contributed by atoms with Crippen LogP contribution in [0.2, 0.25) is 0 Å². The summed E-state index contributed by atoms with van der Waals surface area (Å²) >= 11 is 0. The van der Waals surface area contributed by atoms with E-state index in [9.17, 15) is 0 Å². The van der Waals surface area contributed by atoms with Crippen molar-refractivity contribution in [2.24, 2.45) is 7.05 Å². The standard InChI is InChI=1S/C47H41N2O/c1-28(2)39-26-33(31-14-8-7-9-15-31)27-40(29(3)4)44(39)49-42-19-13-12-18-41(42)48(6)47(49)43-30(5)20-22-38-37-25-24-35-34-17-11-10-16-32(34)21-23-36(35)45(37)50-46(38)43/h7-29H,1-6H3/q+1. The van der Waals surface area contributed by atoms with Crippen LogP contribution < -0.4 is 4.57 Å². The molecule has 0 aliphatic rings. The molecule has 0 N–H and O–H groups in total. The number of hydrogen-bond acceptors (Lipinski definition) is 1. The summed E-state index contributed by atoms with van der Waals surface area (Å²) in [5, 5.41) is 7.13. The molecule has 50 heavy (non-hydrogen) atoms. The molecular weight excluding hydrogens is 609 g/mol. The Kier molecular flexibility index (Phi) is 6.96. The second-order valence-electron chi connectivity index (χ2n) is 14.4. The van der Waals surface area contributed by atoms with Crippen molar-refractivity contribution in [3.63, 3.8) is 0 Å². The van der Waals surface area contributed by atoms with Crippen LogP contribution in [0.3, 0.4) is 0 Å². The van der Waals surface area contributed by atoms with Gasteiger partial charge in [-0.05, 0) is 88.0 Å². The van der Waals surface area contributed by atoms with Gasteiger partial charge in [0.25, 0.3) is 5.82 Å². The van der Waals surface area contributed by atoms with Crippen molar-refractivity contribution in [2.45, 2.75) is 46.5 Å². The summed E-state index contributed by atoms with van der Waals surface area (Å²) < 4.78 is 12.0. The number of aryl methyl sites for hydroxylation is 2. The maximum absolute atomic E-state index is 7.13. The third kappa shape index (κ3) is 4.46. The van der Waals surface area contributed by atoms with Crippen LogP contribution in [0, 0.1) is 6.92 Å². The summed E-state index contributed by atoms with van der Waals surface area (Å²) in [7, 11) is 2.21. The molecule has 0 saturated heterocycles. The maximum Gasteiger partial charge on any atom is 0.299 e. The largest absolute Gasteiger partial charge is 0.454 e. The molecule has 9 aromatic rings. The van der Waals surface area contributed by atoms with E-state index in [1.807, 2.05) is 0 Å². The fourth-order valence-electron chi connectivity index (χ4n) is 8.20. The Morgan fingerprint density at radius 2 is 1.16 bits per heavy atom. The van der Waals surface area contributed by atoms with E-state index in [2.05, 4.69) is 178 Å². The van der Waals surface area contributed by atoms with E-state index in [1.165, 1.54) is 60.7 Å². The lowest BCUT2D eigenvalue weighted by Gasteiger charge is -2.21. The first-order chi connectivity index (χ1) is 24.3. The van der Waals surface area contributed by atoms with Crippen molar-refractivity contribution in [2.75, 3.05) is 0 Å². The van der Waals surface area contributed by atoms with Crippen LogP contribution in [0.4, 0.5) is 0 Å². The van der Waals surface area contributed by atoms with Crippen LogP contribution in [0.5, 0.6) is 0 Å². The third-order valence-electron chi connectivity index (χ3n) is 10.7. The third-order valence-corrected chi connectivity index (χ3v) is 10.7. The van der Waals surface area contributed by atoms with E-state index in [0.29, 0.717) is 11.8 Å². The molecule has 2 heterocycles. The fourth-order valence-corrected chi connectivity index (χ4v) is 8.20. The molecule has 0 atom stereocenters. The summed E-state index contributed by atoms with van der Waals surface area (Å²) in [4.78, 5) is 0. The number of nitrogens with zero attached hydrogens (tertiary/aromatic N) is 2. The van der Waals surface area contributed by atoms with Crippen molar-refractivity contribution >= 4 is 54.5 Å². The Labute approximate surface area is 293 Å². The number of para-hydroxylation sites is 2. The van der Waals surface area contributed by atoms with Gasteiger partial charge in [-0.25, -0.2) is 4.57 Å². The molecule has 0 aliphatic carbocycles. The number of imidazole rings is 1. The zero-order valence-corrected chi connectivity index (χ0v) is 29.6. The fraction of sp³-hybridized carbons (Fsp3) is 0.170. The molecule has 0 spiro atoms. The molecule has 7 aromatic carbocycles. The maximum atomic E-state index is 7.13. The van der Waals surface area contributed by atoms with Crippen LogP contribution in [0.25, 0.3) is 82.7 Å². The van der Waals surface area contributed by atoms with Gasteiger partial charge in [0.1, 0.15) is 16.8 Å². The number of hydrogen-bond donors (Lipinski definition) is 0. The topological polar surface area (TPSA) is 21.9 Å². The van der Waals surface area contributed by atoms with Gasteiger partial charge in [0, 0.05) is 27.3 Å². The molecule has 0 bridgehead atoms. The summed E-state index contributed by atoms with van der Waals surface area (Å²) in [6.07, 6.45) is 0. The molecule has 0 amide bonds. The highest BCUT2D eigenvalue weighted by molar-refractivity contribution is 6.21. The molecule has 3 nitrogen and oxygen atoms in total. The quantitative estimate of drug-likeness (QED) is 0.134. The number of fused-ring (bicyclic) bond motifs is 8. The zero-order valence-electron chi connectivity index (χ0n) is 29.6. The zero-order chi connectivity index (χ0) is 34.3. The van der Waals surface area contributed by atoms with Crippen LogP contribution in [0.1, 0.15) is 56.2 Å². The Morgan fingerprint density at radius 1 is 0.560 bits per heavy atom. The van der Waals surface area contributed by atoms with Crippen LogP contribution in [0.15, 0.2) is 132 Å². The first-order valence-corrected chi connectivity index (χ1v) is 17.8. The first kappa shape index (κ1) is 30.4. The molecule has 2 aromatic heterocycles. The van der Waals surface area contributed by atoms with Crippen LogP contribution in [-0.2, 0) is 7.05 Å². The van der Waals surface area contributed by atoms with E-state index >= 15 is 0 Å². The average molecular weight is 650 g/mol. The van der Waals surface area contributed by atoms with Gasteiger partial charge in [-0.15, -0.1) is 0 Å². The summed E-state index contributed by atoms with van der Waals surface area (Å²) in [5.41, 5.74) is 13.0. The first-order valence-electron chi connectivity index (χ1n) is 17.8. The van der Waals surface area contributed by atoms with Crippen LogP contribution >= 0.6 is 0 Å². The average Bonchev–Trinajstić information content (AvgIpc) is 3.66. The van der Waals surface area contributed by atoms with Gasteiger partial charge in [0.15, 0.2) is 16.6 Å². The van der Waals surface area contributed by atoms with Crippen molar-refractivity contribution < 1.29 is 8.98 Å². The normalized spacial score (nSPS) is 12.2. The number of rotatable bonds is 5. The molecule has 244 valence electrons. The summed E-state index contributed by atoms with van der Waals surface area (Å²) in [6.45, 7) is 11.5. The van der Waals surface area contributed by atoms with Crippen molar-refractivity contribution in [1.29, 1.82) is 0 Å². The minimum atomic E-state index is 0.301. The molecule has 0 unspecified atom stereocenters. The lowest BCUT2D eigenvalue weighted by atomic mass is 9.88. The summed E-state index contributed by atoms with van der Waals surface area (Å²) in [6, 6.07) is 46.5. The van der Waals surface area contributed by atoms with Crippen LogP contribution in [-0.4, -0.2) is 4.57 Å². The number of aromatic nitrogens is 2. The monoisotopic (exact) mass is 649 g/mol.